The maximum absolute atomic E-state index is 11.8. The smallest absolute Gasteiger partial charge is 0.319 e. The van der Waals surface area contributed by atoms with Crippen molar-refractivity contribution in [2.45, 2.75) is 19.8 Å². The van der Waals surface area contributed by atoms with E-state index in [1.165, 1.54) is 5.56 Å². The van der Waals surface area contributed by atoms with E-state index in [-0.39, 0.29) is 6.03 Å². The number of amides is 2. The summed E-state index contributed by atoms with van der Waals surface area (Å²) in [5, 5.41) is 5.66. The summed E-state index contributed by atoms with van der Waals surface area (Å²) in [4.78, 5) is 11.8. The van der Waals surface area contributed by atoms with Crippen molar-refractivity contribution in [3.05, 3.63) is 54.1 Å². The molecule has 128 valence electrons. The standard InChI is InChI=1S/C19H24N2O3/c1-3-24-18-12-8-16(9-13-18)21-19(22)20-14-4-5-15-6-10-17(23-2)11-7-15/h6-13H,3-5,14H2,1-2H3,(H2,20,21,22). The second-order valence-electron chi connectivity index (χ2n) is 5.29. The third-order valence-corrected chi connectivity index (χ3v) is 3.51. The van der Waals surface area contributed by atoms with E-state index in [4.69, 9.17) is 9.47 Å². The van der Waals surface area contributed by atoms with Crippen LogP contribution in [0.1, 0.15) is 18.9 Å². The zero-order chi connectivity index (χ0) is 17.2. The number of carbonyl (C=O) groups excluding carboxylic acids is 1. The van der Waals surface area contributed by atoms with Crippen molar-refractivity contribution in [2.75, 3.05) is 25.6 Å². The SMILES string of the molecule is CCOc1ccc(NC(=O)NCCCc2ccc(OC)cc2)cc1. The Balaban J connectivity index is 1.67. The number of ether oxygens (including phenoxy) is 2. The van der Waals surface area contributed by atoms with Gasteiger partial charge in [-0.1, -0.05) is 12.1 Å². The molecule has 0 unspecified atom stereocenters. The van der Waals surface area contributed by atoms with Crippen molar-refractivity contribution < 1.29 is 14.3 Å². The Labute approximate surface area is 143 Å². The fraction of sp³-hybridized carbons (Fsp3) is 0.316. The van der Waals surface area contributed by atoms with Gasteiger partial charge in [0.05, 0.1) is 13.7 Å². The Morgan fingerprint density at radius 3 is 2.29 bits per heavy atom. The van der Waals surface area contributed by atoms with E-state index in [1.54, 1.807) is 7.11 Å². The second kappa shape index (κ2) is 9.45. The number of benzene rings is 2. The molecule has 0 heterocycles. The van der Waals surface area contributed by atoms with Crippen LogP contribution >= 0.6 is 0 Å². The van der Waals surface area contributed by atoms with Crippen LogP contribution in [-0.4, -0.2) is 26.3 Å². The molecule has 0 bridgehead atoms. The van der Waals surface area contributed by atoms with E-state index < -0.39 is 0 Å². The maximum Gasteiger partial charge on any atom is 0.319 e. The minimum atomic E-state index is -0.200. The monoisotopic (exact) mass is 328 g/mol. The lowest BCUT2D eigenvalue weighted by molar-refractivity contribution is 0.252. The Hall–Kier alpha value is -2.69. The molecule has 2 N–H and O–H groups in total. The van der Waals surface area contributed by atoms with Gasteiger partial charge in [-0.25, -0.2) is 4.79 Å². The van der Waals surface area contributed by atoms with E-state index in [2.05, 4.69) is 10.6 Å². The molecule has 0 aliphatic carbocycles. The van der Waals surface area contributed by atoms with Crippen molar-refractivity contribution in [3.63, 3.8) is 0 Å². The van der Waals surface area contributed by atoms with E-state index >= 15 is 0 Å². The Kier molecular flexibility index (Phi) is 6.95. The lowest BCUT2D eigenvalue weighted by Gasteiger charge is -2.09. The van der Waals surface area contributed by atoms with Gasteiger partial charge < -0.3 is 20.1 Å². The van der Waals surface area contributed by atoms with Crippen LogP contribution < -0.4 is 20.1 Å². The van der Waals surface area contributed by atoms with Gasteiger partial charge in [-0.05, 0) is 61.7 Å². The number of rotatable bonds is 8. The van der Waals surface area contributed by atoms with Gasteiger partial charge in [0.2, 0.25) is 0 Å². The first-order chi connectivity index (χ1) is 11.7. The highest BCUT2D eigenvalue weighted by Gasteiger charge is 2.02. The average molecular weight is 328 g/mol. The predicted octanol–water partition coefficient (Wildman–Crippen LogP) is 3.85. The van der Waals surface area contributed by atoms with Gasteiger partial charge in [0.25, 0.3) is 0 Å². The number of aryl methyl sites for hydroxylation is 1. The van der Waals surface area contributed by atoms with E-state index in [1.807, 2.05) is 55.5 Å². The minimum Gasteiger partial charge on any atom is -0.497 e. The van der Waals surface area contributed by atoms with Crippen LogP contribution in [-0.2, 0) is 6.42 Å². The first kappa shape index (κ1) is 17.7. The molecule has 0 radical (unpaired) electrons. The predicted molar refractivity (Wildman–Crippen MR) is 95.9 cm³/mol. The summed E-state index contributed by atoms with van der Waals surface area (Å²) in [6, 6.07) is 15.1. The summed E-state index contributed by atoms with van der Waals surface area (Å²) >= 11 is 0. The molecule has 0 saturated carbocycles. The van der Waals surface area contributed by atoms with Gasteiger partial charge in [0.15, 0.2) is 0 Å². The maximum atomic E-state index is 11.8. The zero-order valence-corrected chi connectivity index (χ0v) is 14.2. The molecule has 2 amide bonds. The zero-order valence-electron chi connectivity index (χ0n) is 14.2. The topological polar surface area (TPSA) is 59.6 Å². The first-order valence-electron chi connectivity index (χ1n) is 8.12. The summed E-state index contributed by atoms with van der Waals surface area (Å²) in [5.41, 5.74) is 1.97. The van der Waals surface area contributed by atoms with Crippen molar-refractivity contribution >= 4 is 11.7 Å². The molecule has 5 heteroatoms. The first-order valence-corrected chi connectivity index (χ1v) is 8.12. The van der Waals surface area contributed by atoms with Gasteiger partial charge in [-0.2, -0.15) is 0 Å². The molecule has 0 spiro atoms. The molecule has 0 atom stereocenters. The largest absolute Gasteiger partial charge is 0.497 e. The van der Waals surface area contributed by atoms with Crippen molar-refractivity contribution in [2.24, 2.45) is 0 Å². The lowest BCUT2D eigenvalue weighted by atomic mass is 10.1. The fourth-order valence-corrected chi connectivity index (χ4v) is 2.26. The highest BCUT2D eigenvalue weighted by molar-refractivity contribution is 5.89. The summed E-state index contributed by atoms with van der Waals surface area (Å²) in [5.74, 6) is 1.65. The van der Waals surface area contributed by atoms with E-state index in [9.17, 15) is 4.79 Å². The molecule has 0 aliphatic rings. The fourth-order valence-electron chi connectivity index (χ4n) is 2.26. The van der Waals surface area contributed by atoms with Gasteiger partial charge >= 0.3 is 6.03 Å². The summed E-state index contributed by atoms with van der Waals surface area (Å²) < 4.78 is 10.5. The lowest BCUT2D eigenvalue weighted by Crippen LogP contribution is -2.29. The second-order valence-corrected chi connectivity index (χ2v) is 5.29. The van der Waals surface area contributed by atoms with Crippen LogP contribution in [0.5, 0.6) is 11.5 Å². The van der Waals surface area contributed by atoms with Gasteiger partial charge in [0, 0.05) is 12.2 Å². The van der Waals surface area contributed by atoms with Crippen LogP contribution in [0.15, 0.2) is 48.5 Å². The number of nitrogens with one attached hydrogen (secondary N) is 2. The van der Waals surface area contributed by atoms with Crippen LogP contribution in [0.4, 0.5) is 10.5 Å². The quantitative estimate of drug-likeness (QED) is 0.724. The summed E-state index contributed by atoms with van der Waals surface area (Å²) in [7, 11) is 1.65. The molecule has 2 aromatic carbocycles. The molecule has 0 saturated heterocycles. The third-order valence-electron chi connectivity index (χ3n) is 3.51. The third kappa shape index (κ3) is 5.83. The van der Waals surface area contributed by atoms with Crippen LogP contribution in [0.25, 0.3) is 0 Å². The molecule has 0 aromatic heterocycles. The Bertz CT molecular complexity index is 624. The highest BCUT2D eigenvalue weighted by atomic mass is 16.5. The van der Waals surface area contributed by atoms with Crippen LogP contribution in [0.2, 0.25) is 0 Å². The highest BCUT2D eigenvalue weighted by Crippen LogP contribution is 2.15. The molecule has 0 aliphatic heterocycles. The van der Waals surface area contributed by atoms with Gasteiger partial charge in [-0.3, -0.25) is 0 Å². The average Bonchev–Trinajstić information content (AvgIpc) is 2.61. The number of urea groups is 1. The number of hydrogen-bond acceptors (Lipinski definition) is 3. The Morgan fingerprint density at radius 2 is 1.67 bits per heavy atom. The van der Waals surface area contributed by atoms with E-state index in [0.717, 1.165) is 30.0 Å². The van der Waals surface area contributed by atoms with Crippen LogP contribution in [0.3, 0.4) is 0 Å². The normalized spacial score (nSPS) is 10.1. The molecule has 5 nitrogen and oxygen atoms in total. The number of anilines is 1. The summed E-state index contributed by atoms with van der Waals surface area (Å²) in [6.45, 7) is 3.18. The van der Waals surface area contributed by atoms with Crippen LogP contribution in [0, 0.1) is 0 Å². The molecular formula is C19H24N2O3. The molecule has 2 aromatic rings. The molecular weight excluding hydrogens is 304 g/mol. The van der Waals surface area contributed by atoms with Gasteiger partial charge in [-0.15, -0.1) is 0 Å². The van der Waals surface area contributed by atoms with Crippen molar-refractivity contribution in [3.8, 4) is 11.5 Å². The summed E-state index contributed by atoms with van der Waals surface area (Å²) in [6.07, 6.45) is 1.79. The van der Waals surface area contributed by atoms with Crippen molar-refractivity contribution in [1.82, 2.24) is 5.32 Å². The number of carbonyl (C=O) groups is 1. The molecule has 2 rings (SSSR count). The molecule has 24 heavy (non-hydrogen) atoms. The number of hydrogen-bond donors (Lipinski definition) is 2. The number of methoxy groups -OCH3 is 1. The van der Waals surface area contributed by atoms with Gasteiger partial charge in [0.1, 0.15) is 11.5 Å². The van der Waals surface area contributed by atoms with E-state index in [0.29, 0.717) is 13.2 Å². The molecule has 0 fully saturated rings. The van der Waals surface area contributed by atoms with Crippen molar-refractivity contribution in [1.29, 1.82) is 0 Å². The minimum absolute atomic E-state index is 0.200. The Morgan fingerprint density at radius 1 is 1.00 bits per heavy atom.